The summed E-state index contributed by atoms with van der Waals surface area (Å²) in [7, 11) is 0. The first-order valence-electron chi connectivity index (χ1n) is 4.86. The monoisotopic (exact) mass is 227 g/mol. The molecule has 1 N–H and O–H groups in total. The number of benzene rings is 1. The standard InChI is InChI=1S/C11H14ClNS/c1-8-2-3-9(6-11(8)12)13-10-4-5-14-7-10/h2-3,6,10,13H,4-5,7H2,1H3/t10-/m0/s1. The number of halogens is 1. The van der Waals surface area contributed by atoms with Crippen molar-refractivity contribution in [2.24, 2.45) is 0 Å². The second-order valence-electron chi connectivity index (χ2n) is 3.67. The molecule has 0 spiro atoms. The predicted octanol–water partition coefficient (Wildman–Crippen LogP) is 3.57. The van der Waals surface area contributed by atoms with Crippen LogP contribution in [0.3, 0.4) is 0 Å². The molecular formula is C11H14ClNS. The van der Waals surface area contributed by atoms with Crippen LogP contribution < -0.4 is 5.32 Å². The highest BCUT2D eigenvalue weighted by Crippen LogP contribution is 2.24. The highest BCUT2D eigenvalue weighted by Gasteiger charge is 2.14. The number of hydrogen-bond donors (Lipinski definition) is 1. The lowest BCUT2D eigenvalue weighted by Gasteiger charge is -2.13. The molecule has 1 aromatic carbocycles. The third-order valence-electron chi connectivity index (χ3n) is 2.47. The van der Waals surface area contributed by atoms with E-state index in [1.807, 2.05) is 24.8 Å². The van der Waals surface area contributed by atoms with Crippen LogP contribution in [-0.2, 0) is 0 Å². The molecule has 1 fully saturated rings. The normalized spacial score (nSPS) is 21.1. The Morgan fingerprint density at radius 3 is 3.00 bits per heavy atom. The number of nitrogens with one attached hydrogen (secondary N) is 1. The van der Waals surface area contributed by atoms with Crippen molar-refractivity contribution in [1.29, 1.82) is 0 Å². The first-order valence-corrected chi connectivity index (χ1v) is 6.39. The van der Waals surface area contributed by atoms with Gasteiger partial charge in [-0.15, -0.1) is 0 Å². The van der Waals surface area contributed by atoms with Gasteiger partial charge in [-0.05, 0) is 36.8 Å². The van der Waals surface area contributed by atoms with Gasteiger partial charge in [0.15, 0.2) is 0 Å². The molecule has 1 atom stereocenters. The van der Waals surface area contributed by atoms with Gasteiger partial charge < -0.3 is 5.32 Å². The predicted molar refractivity (Wildman–Crippen MR) is 65.5 cm³/mol. The van der Waals surface area contributed by atoms with E-state index in [1.165, 1.54) is 17.9 Å². The average molecular weight is 228 g/mol. The van der Waals surface area contributed by atoms with E-state index in [0.717, 1.165) is 16.3 Å². The molecule has 3 heteroatoms. The van der Waals surface area contributed by atoms with Crippen molar-refractivity contribution in [2.45, 2.75) is 19.4 Å². The molecule has 1 heterocycles. The molecule has 1 nitrogen and oxygen atoms in total. The zero-order valence-corrected chi connectivity index (χ0v) is 9.79. The summed E-state index contributed by atoms with van der Waals surface area (Å²) in [6, 6.07) is 6.80. The van der Waals surface area contributed by atoms with Crippen molar-refractivity contribution in [1.82, 2.24) is 0 Å². The second kappa shape index (κ2) is 4.45. The summed E-state index contributed by atoms with van der Waals surface area (Å²) in [5, 5.41) is 4.35. The van der Waals surface area contributed by atoms with Crippen LogP contribution >= 0.6 is 23.4 Å². The number of rotatable bonds is 2. The second-order valence-corrected chi connectivity index (χ2v) is 5.23. The van der Waals surface area contributed by atoms with Crippen molar-refractivity contribution < 1.29 is 0 Å². The molecule has 0 radical (unpaired) electrons. The lowest BCUT2D eigenvalue weighted by molar-refractivity contribution is 0.813. The summed E-state index contributed by atoms with van der Waals surface area (Å²) < 4.78 is 0. The summed E-state index contributed by atoms with van der Waals surface area (Å²) in [5.41, 5.74) is 2.28. The zero-order valence-electron chi connectivity index (χ0n) is 8.22. The topological polar surface area (TPSA) is 12.0 Å². The minimum absolute atomic E-state index is 0.624. The minimum Gasteiger partial charge on any atom is -0.381 e. The minimum atomic E-state index is 0.624. The van der Waals surface area contributed by atoms with E-state index in [1.54, 1.807) is 0 Å². The van der Waals surface area contributed by atoms with Gasteiger partial charge in [0.2, 0.25) is 0 Å². The lowest BCUT2D eigenvalue weighted by Crippen LogP contribution is -2.17. The van der Waals surface area contributed by atoms with Crippen LogP contribution in [0.4, 0.5) is 5.69 Å². The van der Waals surface area contributed by atoms with Gasteiger partial charge in [-0.2, -0.15) is 11.8 Å². The van der Waals surface area contributed by atoms with Gasteiger partial charge in [0, 0.05) is 22.5 Å². The molecule has 0 saturated carbocycles. The van der Waals surface area contributed by atoms with E-state index >= 15 is 0 Å². The van der Waals surface area contributed by atoms with Crippen molar-refractivity contribution in [3.8, 4) is 0 Å². The van der Waals surface area contributed by atoms with Crippen LogP contribution in [0.25, 0.3) is 0 Å². The summed E-state index contributed by atoms with van der Waals surface area (Å²) in [4.78, 5) is 0. The fourth-order valence-electron chi connectivity index (χ4n) is 1.57. The molecule has 0 unspecified atom stereocenters. The van der Waals surface area contributed by atoms with Crippen LogP contribution in [-0.4, -0.2) is 17.5 Å². The first-order chi connectivity index (χ1) is 6.75. The molecule has 1 aliphatic rings. The van der Waals surface area contributed by atoms with Crippen LogP contribution in [0.5, 0.6) is 0 Å². The summed E-state index contributed by atoms with van der Waals surface area (Å²) in [6.07, 6.45) is 1.26. The van der Waals surface area contributed by atoms with Gasteiger partial charge in [0.25, 0.3) is 0 Å². The summed E-state index contributed by atoms with van der Waals surface area (Å²) in [6.45, 7) is 2.03. The maximum Gasteiger partial charge on any atom is 0.0455 e. The van der Waals surface area contributed by atoms with E-state index < -0.39 is 0 Å². The molecule has 0 aliphatic carbocycles. The number of hydrogen-bond acceptors (Lipinski definition) is 2. The van der Waals surface area contributed by atoms with Gasteiger partial charge in [-0.25, -0.2) is 0 Å². The summed E-state index contributed by atoms with van der Waals surface area (Å²) >= 11 is 8.07. The van der Waals surface area contributed by atoms with Gasteiger partial charge in [0.05, 0.1) is 0 Å². The molecule has 0 bridgehead atoms. The molecule has 14 heavy (non-hydrogen) atoms. The number of aryl methyl sites for hydroxylation is 1. The molecule has 76 valence electrons. The molecule has 0 aromatic heterocycles. The molecule has 1 aromatic rings. The van der Waals surface area contributed by atoms with E-state index in [0.29, 0.717) is 6.04 Å². The van der Waals surface area contributed by atoms with E-state index in [9.17, 15) is 0 Å². The van der Waals surface area contributed by atoms with Crippen LogP contribution in [0, 0.1) is 6.92 Å². The van der Waals surface area contributed by atoms with Gasteiger partial charge in [-0.3, -0.25) is 0 Å². The number of anilines is 1. The average Bonchev–Trinajstić information content (AvgIpc) is 2.64. The Kier molecular flexibility index (Phi) is 3.24. The maximum atomic E-state index is 6.05. The van der Waals surface area contributed by atoms with Gasteiger partial charge >= 0.3 is 0 Å². The Morgan fingerprint density at radius 2 is 2.36 bits per heavy atom. The van der Waals surface area contributed by atoms with Gasteiger partial charge in [-0.1, -0.05) is 17.7 Å². The van der Waals surface area contributed by atoms with Crippen LogP contribution in [0.1, 0.15) is 12.0 Å². The van der Waals surface area contributed by atoms with E-state index in [-0.39, 0.29) is 0 Å². The maximum absolute atomic E-state index is 6.05. The molecule has 0 amide bonds. The van der Waals surface area contributed by atoms with Crippen molar-refractivity contribution >= 4 is 29.1 Å². The molecular weight excluding hydrogens is 214 g/mol. The quantitative estimate of drug-likeness (QED) is 0.829. The number of thioether (sulfide) groups is 1. The van der Waals surface area contributed by atoms with Crippen LogP contribution in [0.2, 0.25) is 5.02 Å². The van der Waals surface area contributed by atoms with Crippen molar-refractivity contribution in [3.05, 3.63) is 28.8 Å². The Labute approximate surface area is 94.2 Å². The Morgan fingerprint density at radius 1 is 1.50 bits per heavy atom. The molecule has 1 saturated heterocycles. The third-order valence-corrected chi connectivity index (χ3v) is 4.04. The third kappa shape index (κ3) is 2.37. The fourth-order valence-corrected chi connectivity index (χ4v) is 2.90. The van der Waals surface area contributed by atoms with E-state index in [4.69, 9.17) is 11.6 Å². The smallest absolute Gasteiger partial charge is 0.0455 e. The van der Waals surface area contributed by atoms with Crippen molar-refractivity contribution in [2.75, 3.05) is 16.8 Å². The Bertz CT molecular complexity index is 321. The van der Waals surface area contributed by atoms with Gasteiger partial charge in [0.1, 0.15) is 0 Å². The zero-order chi connectivity index (χ0) is 9.97. The molecule has 1 aliphatic heterocycles. The van der Waals surface area contributed by atoms with E-state index in [2.05, 4.69) is 17.4 Å². The van der Waals surface area contributed by atoms with Crippen LogP contribution in [0.15, 0.2) is 18.2 Å². The lowest BCUT2D eigenvalue weighted by atomic mass is 10.2. The SMILES string of the molecule is Cc1ccc(N[C@H]2CCSC2)cc1Cl. The molecule has 2 rings (SSSR count). The Hall–Kier alpha value is -0.340. The highest BCUT2D eigenvalue weighted by atomic mass is 35.5. The Balaban J connectivity index is 2.05. The highest BCUT2D eigenvalue weighted by molar-refractivity contribution is 7.99. The fraction of sp³-hybridized carbons (Fsp3) is 0.455. The van der Waals surface area contributed by atoms with Crippen molar-refractivity contribution in [3.63, 3.8) is 0 Å². The largest absolute Gasteiger partial charge is 0.381 e. The summed E-state index contributed by atoms with van der Waals surface area (Å²) in [5.74, 6) is 2.49. The first kappa shape index (κ1) is 10.2.